The predicted octanol–water partition coefficient (Wildman–Crippen LogP) is 1.34. The van der Waals surface area contributed by atoms with E-state index < -0.39 is 105 Å². The number of phenols is 2. The molecule has 8 atom stereocenters. The highest BCUT2D eigenvalue weighted by atomic mass is 16.5. The van der Waals surface area contributed by atoms with E-state index in [2.05, 4.69) is 0 Å². The van der Waals surface area contributed by atoms with Crippen LogP contribution in [0.4, 0.5) is 0 Å². The molecular weight excluding hydrogens is 552 g/mol. The molecule has 2 aromatic carbocycles. The lowest BCUT2D eigenvalue weighted by atomic mass is 9.44. The van der Waals surface area contributed by atoms with E-state index in [1.165, 1.54) is 26.4 Å². The fraction of sp³-hybridized carbons (Fsp3) is 0.333. The number of hydrogen-bond acceptors (Lipinski definition) is 12. The number of allylic oxidation sites excluding steroid dienone is 2. The van der Waals surface area contributed by atoms with Crippen LogP contribution in [0.25, 0.3) is 11.5 Å². The number of Topliss-reactive ketones (excluding diaryl/α,β-unsaturated/α-hetero) is 4. The SMILES string of the molecule is COc1cc(O)c2c(c1)C(=O)C1C(=C2O)C(=O)[C@H]2[C@@H](O)[C@@H]1[C@@H]1C3C(=O)c4cc(OC)cc(O)c4C(O)=C3C(=O)[C@H]2[C@H]1O. The number of carbonyl (C=O) groups is 4. The summed E-state index contributed by atoms with van der Waals surface area (Å²) in [6, 6.07) is 4.81. The molecule has 42 heavy (non-hydrogen) atoms. The highest BCUT2D eigenvalue weighted by Gasteiger charge is 2.70. The molecule has 0 heterocycles. The Kier molecular flexibility index (Phi) is 5.26. The van der Waals surface area contributed by atoms with Gasteiger partial charge in [0.25, 0.3) is 0 Å². The maximum Gasteiger partial charge on any atom is 0.171 e. The van der Waals surface area contributed by atoms with E-state index in [4.69, 9.17) is 9.47 Å². The molecule has 0 aliphatic heterocycles. The molecule has 12 nitrogen and oxygen atoms in total. The second-order valence-corrected chi connectivity index (χ2v) is 11.3. The molecule has 216 valence electrons. The second-order valence-electron chi connectivity index (χ2n) is 11.3. The molecule has 3 saturated carbocycles. The molecule has 0 amide bonds. The number of fused-ring (bicyclic) bond motifs is 12. The van der Waals surface area contributed by atoms with Crippen LogP contribution in [0.3, 0.4) is 0 Å². The van der Waals surface area contributed by atoms with Crippen molar-refractivity contribution in [3.8, 4) is 23.0 Å². The molecule has 5 aliphatic carbocycles. The van der Waals surface area contributed by atoms with E-state index in [0.717, 1.165) is 12.1 Å². The van der Waals surface area contributed by atoms with Gasteiger partial charge in [-0.2, -0.15) is 0 Å². The molecule has 2 aromatic rings. The predicted molar refractivity (Wildman–Crippen MR) is 140 cm³/mol. The smallest absolute Gasteiger partial charge is 0.171 e. The highest BCUT2D eigenvalue weighted by Crippen LogP contribution is 2.61. The molecule has 3 fully saturated rings. The lowest BCUT2D eigenvalue weighted by molar-refractivity contribution is -0.177. The van der Waals surface area contributed by atoms with Gasteiger partial charge in [0.05, 0.1) is 61.2 Å². The number of aliphatic hydroxyl groups is 4. The summed E-state index contributed by atoms with van der Waals surface area (Å²) in [4.78, 5) is 55.9. The van der Waals surface area contributed by atoms with Crippen molar-refractivity contribution in [2.45, 2.75) is 12.2 Å². The number of methoxy groups -OCH3 is 2. The van der Waals surface area contributed by atoms with Gasteiger partial charge in [-0.15, -0.1) is 0 Å². The molecule has 0 spiro atoms. The van der Waals surface area contributed by atoms with Crippen molar-refractivity contribution in [2.75, 3.05) is 14.2 Å². The van der Waals surface area contributed by atoms with E-state index in [1.807, 2.05) is 0 Å². The van der Waals surface area contributed by atoms with Crippen molar-refractivity contribution in [1.29, 1.82) is 0 Å². The Hall–Kier alpha value is -4.68. The first-order valence-electron chi connectivity index (χ1n) is 13.2. The zero-order valence-corrected chi connectivity index (χ0v) is 22.1. The molecule has 2 unspecified atom stereocenters. The number of rotatable bonds is 2. The van der Waals surface area contributed by atoms with Crippen molar-refractivity contribution in [3.63, 3.8) is 0 Å². The van der Waals surface area contributed by atoms with Gasteiger partial charge in [0, 0.05) is 46.2 Å². The summed E-state index contributed by atoms with van der Waals surface area (Å²) in [6.45, 7) is 0. The zero-order chi connectivity index (χ0) is 30.1. The Morgan fingerprint density at radius 2 is 0.929 bits per heavy atom. The standard InChI is InChI=1S/C30H24O12/c1-41-7-3-9-13(11(31)5-7)25(35)19-17(23(9)33)15-16-18-20(30(40)22(28(16)38)21(27(15)37)29(19)39)26(36)14-10(24(18)34)4-8(42-2)6-12(14)32/h3-6,15-18,21-22,27-28,31-32,35-38H,1-2H3/t15-,16-,17?,18?,21-,22-,27+,28+/m1/s1. The van der Waals surface area contributed by atoms with Gasteiger partial charge in [-0.3, -0.25) is 19.2 Å². The third-order valence-electron chi connectivity index (χ3n) is 9.62. The van der Waals surface area contributed by atoms with E-state index in [0.29, 0.717) is 0 Å². The molecular formula is C30H24O12. The van der Waals surface area contributed by atoms with Crippen LogP contribution in [0.1, 0.15) is 31.8 Å². The van der Waals surface area contributed by atoms with Gasteiger partial charge in [0.15, 0.2) is 23.1 Å². The van der Waals surface area contributed by atoms with Gasteiger partial charge in [-0.05, 0) is 12.1 Å². The van der Waals surface area contributed by atoms with Gasteiger partial charge in [-0.1, -0.05) is 0 Å². The Morgan fingerprint density at radius 1 is 0.571 bits per heavy atom. The number of hydrogen-bond donors (Lipinski definition) is 6. The van der Waals surface area contributed by atoms with E-state index in [9.17, 15) is 49.8 Å². The fourth-order valence-electron chi connectivity index (χ4n) is 7.95. The van der Waals surface area contributed by atoms with Crippen LogP contribution in [0, 0.1) is 35.5 Å². The molecule has 7 rings (SSSR count). The summed E-state index contributed by atoms with van der Waals surface area (Å²) in [6.07, 6.45) is -3.36. The molecule has 0 radical (unpaired) electrons. The van der Waals surface area contributed by atoms with Gasteiger partial charge < -0.3 is 40.1 Å². The van der Waals surface area contributed by atoms with Gasteiger partial charge in [0.2, 0.25) is 0 Å². The quantitative estimate of drug-likeness (QED) is 0.299. The van der Waals surface area contributed by atoms with E-state index in [-0.39, 0.29) is 33.8 Å². The van der Waals surface area contributed by atoms with Gasteiger partial charge in [-0.25, -0.2) is 0 Å². The van der Waals surface area contributed by atoms with Crippen molar-refractivity contribution < 1.29 is 59.3 Å². The Balaban J connectivity index is 1.49. The average Bonchev–Trinajstić information content (AvgIpc) is 2.94. The second kappa shape index (κ2) is 8.43. The van der Waals surface area contributed by atoms with Crippen LogP contribution in [-0.4, -0.2) is 80.2 Å². The number of carbonyl (C=O) groups excluding carboxylic acids is 4. The summed E-state index contributed by atoms with van der Waals surface area (Å²) in [5.74, 6) is -14.9. The molecule has 0 aromatic heterocycles. The van der Waals surface area contributed by atoms with Crippen LogP contribution >= 0.6 is 0 Å². The highest BCUT2D eigenvalue weighted by molar-refractivity contribution is 6.22. The summed E-state index contributed by atoms with van der Waals surface area (Å²) in [5.41, 5.74) is -1.88. The average molecular weight is 577 g/mol. The molecule has 5 aliphatic rings. The molecule has 12 heteroatoms. The first-order chi connectivity index (χ1) is 19.9. The number of phenolic OH excluding ortho intramolecular Hbond substituents is 2. The van der Waals surface area contributed by atoms with Crippen LogP contribution in [0.15, 0.2) is 35.4 Å². The van der Waals surface area contributed by atoms with E-state index in [1.54, 1.807) is 0 Å². The minimum absolute atomic E-state index is 0.0754. The van der Waals surface area contributed by atoms with Crippen molar-refractivity contribution in [2.24, 2.45) is 35.5 Å². The zero-order valence-electron chi connectivity index (χ0n) is 22.1. The van der Waals surface area contributed by atoms with Crippen molar-refractivity contribution >= 4 is 34.7 Å². The van der Waals surface area contributed by atoms with Crippen LogP contribution in [-0.2, 0) is 9.59 Å². The van der Waals surface area contributed by atoms with Crippen molar-refractivity contribution in [1.82, 2.24) is 0 Å². The Labute approximate surface area is 236 Å². The summed E-state index contributed by atoms with van der Waals surface area (Å²) in [5, 5.41) is 66.9. The number of ether oxygens (including phenoxy) is 2. The normalized spacial score (nSPS) is 32.7. The molecule has 6 N–H and O–H groups in total. The number of benzene rings is 2. The maximum atomic E-state index is 14.1. The lowest BCUT2D eigenvalue weighted by Crippen LogP contribution is -2.69. The first kappa shape index (κ1) is 26.2. The molecule has 0 saturated heterocycles. The van der Waals surface area contributed by atoms with Crippen LogP contribution in [0.2, 0.25) is 0 Å². The van der Waals surface area contributed by atoms with E-state index >= 15 is 0 Å². The molecule has 4 bridgehead atoms. The largest absolute Gasteiger partial charge is 0.507 e. The summed E-state index contributed by atoms with van der Waals surface area (Å²) < 4.78 is 10.3. The monoisotopic (exact) mass is 576 g/mol. The summed E-state index contributed by atoms with van der Waals surface area (Å²) in [7, 11) is 2.59. The van der Waals surface area contributed by atoms with Crippen LogP contribution in [0.5, 0.6) is 23.0 Å². The topological polar surface area (TPSA) is 208 Å². The minimum Gasteiger partial charge on any atom is -0.507 e. The maximum absolute atomic E-state index is 14.1. The number of ketones is 4. The van der Waals surface area contributed by atoms with Crippen molar-refractivity contribution in [3.05, 3.63) is 57.7 Å². The van der Waals surface area contributed by atoms with Gasteiger partial charge in [0.1, 0.15) is 34.5 Å². The third kappa shape index (κ3) is 2.92. The number of aliphatic hydroxyl groups excluding tert-OH is 4. The number of aromatic hydroxyl groups is 2. The Morgan fingerprint density at radius 3 is 1.26 bits per heavy atom. The lowest BCUT2D eigenvalue weighted by Gasteiger charge is -2.58. The van der Waals surface area contributed by atoms with Gasteiger partial charge >= 0.3 is 0 Å². The summed E-state index contributed by atoms with van der Waals surface area (Å²) >= 11 is 0. The Bertz CT molecular complexity index is 1620. The minimum atomic E-state index is -1.68. The van der Waals surface area contributed by atoms with Crippen LogP contribution < -0.4 is 9.47 Å². The third-order valence-corrected chi connectivity index (χ3v) is 9.62. The first-order valence-corrected chi connectivity index (χ1v) is 13.2. The fourth-order valence-corrected chi connectivity index (χ4v) is 7.95.